The minimum atomic E-state index is -0.649. The smallest absolute Gasteiger partial charge is 0.274 e. The minimum absolute atomic E-state index is 0.0217. The van der Waals surface area contributed by atoms with Gasteiger partial charge in [0.25, 0.3) is 5.91 Å². The quantitative estimate of drug-likeness (QED) is 0.708. The molecule has 0 aliphatic carbocycles. The van der Waals surface area contributed by atoms with Gasteiger partial charge in [0.1, 0.15) is 12.3 Å². The predicted octanol–water partition coefficient (Wildman–Crippen LogP) is 4.12. The molecule has 6 heteroatoms. The number of nitrogens with one attached hydrogen (secondary N) is 1. The van der Waals surface area contributed by atoms with Crippen molar-refractivity contribution in [3.8, 4) is 17.6 Å². The fourth-order valence-corrected chi connectivity index (χ4v) is 2.52. The zero-order valence-electron chi connectivity index (χ0n) is 15.0. The number of aromatic nitrogens is 2. The summed E-state index contributed by atoms with van der Waals surface area (Å²) < 4.78 is 19.9. The second kappa shape index (κ2) is 8.28. The van der Waals surface area contributed by atoms with Gasteiger partial charge in [-0.2, -0.15) is 0 Å². The SMILES string of the molecule is CCC#CCOc1cccc(NC(=O)c2nc3cccnc3cc2C)c1F. The van der Waals surface area contributed by atoms with E-state index < -0.39 is 11.7 Å². The lowest BCUT2D eigenvalue weighted by Gasteiger charge is -2.11. The highest BCUT2D eigenvalue weighted by Gasteiger charge is 2.16. The van der Waals surface area contributed by atoms with Gasteiger partial charge in [0.15, 0.2) is 11.6 Å². The number of carbonyl (C=O) groups excluding carboxylic acids is 1. The molecular formula is C21H18FN3O2. The highest BCUT2D eigenvalue weighted by molar-refractivity contribution is 6.05. The number of carbonyl (C=O) groups is 1. The first-order valence-electron chi connectivity index (χ1n) is 8.51. The first kappa shape index (κ1) is 18.3. The van der Waals surface area contributed by atoms with Gasteiger partial charge in [-0.1, -0.05) is 18.9 Å². The molecule has 0 atom stereocenters. The summed E-state index contributed by atoms with van der Waals surface area (Å²) in [4.78, 5) is 21.2. The van der Waals surface area contributed by atoms with E-state index in [1.807, 2.05) is 6.92 Å². The molecule has 1 aromatic carbocycles. The van der Waals surface area contributed by atoms with E-state index in [0.29, 0.717) is 23.0 Å². The van der Waals surface area contributed by atoms with E-state index in [2.05, 4.69) is 27.1 Å². The van der Waals surface area contributed by atoms with Crippen molar-refractivity contribution in [2.45, 2.75) is 20.3 Å². The van der Waals surface area contributed by atoms with Crippen molar-refractivity contribution < 1.29 is 13.9 Å². The van der Waals surface area contributed by atoms with Crippen LogP contribution in [0.15, 0.2) is 42.6 Å². The van der Waals surface area contributed by atoms with Gasteiger partial charge >= 0.3 is 0 Å². The third kappa shape index (κ3) is 4.21. The van der Waals surface area contributed by atoms with Crippen LogP contribution < -0.4 is 10.1 Å². The lowest BCUT2D eigenvalue weighted by Crippen LogP contribution is -2.16. The van der Waals surface area contributed by atoms with Crippen molar-refractivity contribution >= 4 is 22.6 Å². The van der Waals surface area contributed by atoms with Gasteiger partial charge in [-0.25, -0.2) is 9.37 Å². The standard InChI is InChI=1S/C21H18FN3O2/c1-3-4-5-12-27-18-10-6-8-16(19(18)22)25-21(26)20-14(2)13-17-15(24-20)9-7-11-23-17/h6-11,13H,3,12H2,1-2H3,(H,25,26). The highest BCUT2D eigenvalue weighted by Crippen LogP contribution is 2.25. The topological polar surface area (TPSA) is 64.1 Å². The monoisotopic (exact) mass is 363 g/mol. The molecule has 0 fully saturated rings. The normalized spacial score (nSPS) is 10.2. The number of hydrogen-bond acceptors (Lipinski definition) is 4. The van der Waals surface area contributed by atoms with Crippen LogP contribution in [0.2, 0.25) is 0 Å². The minimum Gasteiger partial charge on any atom is -0.478 e. The molecule has 0 saturated heterocycles. The fourth-order valence-electron chi connectivity index (χ4n) is 2.52. The van der Waals surface area contributed by atoms with Gasteiger partial charge in [0, 0.05) is 12.6 Å². The molecule has 1 N–H and O–H groups in total. The molecule has 0 spiro atoms. The third-order valence-electron chi connectivity index (χ3n) is 3.80. The zero-order valence-corrected chi connectivity index (χ0v) is 15.0. The van der Waals surface area contributed by atoms with E-state index in [-0.39, 0.29) is 23.7 Å². The number of benzene rings is 1. The second-order valence-corrected chi connectivity index (χ2v) is 5.76. The summed E-state index contributed by atoms with van der Waals surface area (Å²) in [5.74, 6) is 4.51. The maximum absolute atomic E-state index is 14.6. The van der Waals surface area contributed by atoms with E-state index in [0.717, 1.165) is 0 Å². The van der Waals surface area contributed by atoms with Crippen LogP contribution in [0.1, 0.15) is 29.4 Å². The Hall–Kier alpha value is -3.46. The molecule has 2 heterocycles. The summed E-state index contributed by atoms with van der Waals surface area (Å²) in [5, 5.41) is 2.56. The van der Waals surface area contributed by atoms with Gasteiger partial charge in [0.05, 0.1) is 16.7 Å². The van der Waals surface area contributed by atoms with Crippen molar-refractivity contribution in [1.82, 2.24) is 9.97 Å². The zero-order chi connectivity index (χ0) is 19.2. The number of amides is 1. The van der Waals surface area contributed by atoms with Crippen molar-refractivity contribution in [3.05, 3.63) is 59.7 Å². The van der Waals surface area contributed by atoms with Gasteiger partial charge < -0.3 is 10.1 Å². The third-order valence-corrected chi connectivity index (χ3v) is 3.80. The Bertz CT molecular complexity index is 1050. The molecule has 1 amide bonds. The molecule has 5 nitrogen and oxygen atoms in total. The molecule has 0 bridgehead atoms. The van der Waals surface area contributed by atoms with E-state index >= 15 is 0 Å². The van der Waals surface area contributed by atoms with Gasteiger partial charge in [-0.05, 0) is 42.8 Å². The summed E-state index contributed by atoms with van der Waals surface area (Å²) in [6.45, 7) is 3.77. The van der Waals surface area contributed by atoms with Crippen LogP contribution in [0.25, 0.3) is 11.0 Å². The van der Waals surface area contributed by atoms with E-state index in [9.17, 15) is 9.18 Å². The Morgan fingerprint density at radius 2 is 2.07 bits per heavy atom. The van der Waals surface area contributed by atoms with Crippen molar-refractivity contribution in [3.63, 3.8) is 0 Å². The summed E-state index contributed by atoms with van der Waals surface area (Å²) in [7, 11) is 0. The average Bonchev–Trinajstić information content (AvgIpc) is 2.67. The molecule has 0 aliphatic rings. The molecule has 0 aliphatic heterocycles. The van der Waals surface area contributed by atoms with E-state index in [4.69, 9.17) is 4.74 Å². The van der Waals surface area contributed by atoms with Crippen LogP contribution in [0.4, 0.5) is 10.1 Å². The molecule has 0 unspecified atom stereocenters. The van der Waals surface area contributed by atoms with Gasteiger partial charge in [-0.3, -0.25) is 9.78 Å². The van der Waals surface area contributed by atoms with Crippen LogP contribution in [-0.2, 0) is 0 Å². The Morgan fingerprint density at radius 3 is 2.89 bits per heavy atom. The predicted molar refractivity (Wildman–Crippen MR) is 102 cm³/mol. The Kier molecular flexibility index (Phi) is 5.62. The first-order chi connectivity index (χ1) is 13.1. The van der Waals surface area contributed by atoms with Crippen LogP contribution >= 0.6 is 0 Å². The molecule has 0 saturated carbocycles. The van der Waals surface area contributed by atoms with Gasteiger partial charge in [-0.15, -0.1) is 5.92 Å². The van der Waals surface area contributed by atoms with Crippen molar-refractivity contribution in [2.75, 3.05) is 11.9 Å². The number of fused-ring (bicyclic) bond motifs is 1. The lowest BCUT2D eigenvalue weighted by atomic mass is 10.1. The van der Waals surface area contributed by atoms with E-state index in [1.54, 1.807) is 37.4 Å². The summed E-state index contributed by atoms with van der Waals surface area (Å²) >= 11 is 0. The Labute approximate surface area is 156 Å². The average molecular weight is 363 g/mol. The number of pyridine rings is 2. The molecule has 27 heavy (non-hydrogen) atoms. The fraction of sp³-hybridized carbons (Fsp3) is 0.190. The van der Waals surface area contributed by atoms with Crippen molar-refractivity contribution in [2.24, 2.45) is 0 Å². The number of halogens is 1. The van der Waals surface area contributed by atoms with Crippen LogP contribution in [0.5, 0.6) is 5.75 Å². The molecule has 3 rings (SSSR count). The summed E-state index contributed by atoms with van der Waals surface area (Å²) in [6.07, 6.45) is 2.37. The number of ether oxygens (including phenoxy) is 1. The number of anilines is 1. The lowest BCUT2D eigenvalue weighted by molar-refractivity contribution is 0.102. The second-order valence-electron chi connectivity index (χ2n) is 5.76. The molecule has 3 aromatic rings. The number of hydrogen-bond donors (Lipinski definition) is 1. The summed E-state index contributed by atoms with van der Waals surface area (Å²) in [5.41, 5.74) is 2.19. The largest absolute Gasteiger partial charge is 0.478 e. The molecular weight excluding hydrogens is 345 g/mol. The van der Waals surface area contributed by atoms with Gasteiger partial charge in [0.2, 0.25) is 0 Å². The number of rotatable bonds is 4. The first-order valence-corrected chi connectivity index (χ1v) is 8.51. The maximum atomic E-state index is 14.6. The van der Waals surface area contributed by atoms with Crippen molar-refractivity contribution in [1.29, 1.82) is 0 Å². The molecule has 2 aromatic heterocycles. The van der Waals surface area contributed by atoms with Crippen LogP contribution in [-0.4, -0.2) is 22.5 Å². The summed E-state index contributed by atoms with van der Waals surface area (Å²) in [6, 6.07) is 9.85. The Balaban J connectivity index is 1.83. The van der Waals surface area contributed by atoms with Crippen LogP contribution in [0.3, 0.4) is 0 Å². The number of aryl methyl sites for hydroxylation is 1. The maximum Gasteiger partial charge on any atom is 0.274 e. The Morgan fingerprint density at radius 1 is 1.22 bits per heavy atom. The van der Waals surface area contributed by atoms with Crippen LogP contribution in [0, 0.1) is 24.6 Å². The molecule has 0 radical (unpaired) electrons. The molecule has 136 valence electrons. The van der Waals surface area contributed by atoms with E-state index in [1.165, 1.54) is 12.1 Å². The highest BCUT2D eigenvalue weighted by atomic mass is 19.1. The number of nitrogens with zero attached hydrogens (tertiary/aromatic N) is 2.